The van der Waals surface area contributed by atoms with Gasteiger partial charge < -0.3 is 29.2 Å². The summed E-state index contributed by atoms with van der Waals surface area (Å²) >= 11 is 0. The lowest BCUT2D eigenvalue weighted by atomic mass is 9.78. The van der Waals surface area contributed by atoms with Crippen LogP contribution in [0.1, 0.15) is 40.0 Å². The van der Waals surface area contributed by atoms with Crippen molar-refractivity contribution in [2.24, 2.45) is 11.8 Å². The van der Waals surface area contributed by atoms with Crippen LogP contribution in [0.15, 0.2) is 23.8 Å². The topological polar surface area (TPSA) is 129 Å². The molecule has 3 aliphatic heterocycles. The molecule has 0 aromatic heterocycles. The van der Waals surface area contributed by atoms with Crippen LogP contribution in [0.2, 0.25) is 0 Å². The zero-order valence-corrected chi connectivity index (χ0v) is 18.0. The Hall–Kier alpha value is -2.23. The summed E-state index contributed by atoms with van der Waals surface area (Å²) in [6.45, 7) is 7.81. The molecule has 2 N–H and O–H groups in total. The van der Waals surface area contributed by atoms with E-state index in [0.717, 1.165) is 0 Å². The van der Waals surface area contributed by atoms with Crippen LogP contribution in [-0.2, 0) is 33.3 Å². The first-order valence-corrected chi connectivity index (χ1v) is 10.5. The number of hydrogen-bond donors (Lipinski definition) is 2. The lowest BCUT2D eigenvalue weighted by Gasteiger charge is -2.34. The van der Waals surface area contributed by atoms with Gasteiger partial charge >= 0.3 is 17.9 Å². The maximum atomic E-state index is 12.6. The maximum Gasteiger partial charge on any atom is 0.336 e. The van der Waals surface area contributed by atoms with Crippen molar-refractivity contribution in [2.75, 3.05) is 13.2 Å². The summed E-state index contributed by atoms with van der Waals surface area (Å²) in [7, 11) is 0. The molecule has 9 heteroatoms. The van der Waals surface area contributed by atoms with Gasteiger partial charge in [0.25, 0.3) is 0 Å². The highest BCUT2D eigenvalue weighted by molar-refractivity contribution is 5.92. The number of aliphatic hydroxyl groups excluding tert-OH is 2. The molecule has 2 bridgehead atoms. The summed E-state index contributed by atoms with van der Waals surface area (Å²) in [6, 6.07) is 0. The zero-order chi connectivity index (χ0) is 22.9. The number of carbonyl (C=O) groups is 3. The molecular weight excluding hydrogens is 408 g/mol. The van der Waals surface area contributed by atoms with Crippen LogP contribution >= 0.6 is 0 Å². The third-order valence-electron chi connectivity index (χ3n) is 6.46. The molecule has 0 saturated carbocycles. The Morgan fingerprint density at radius 2 is 1.97 bits per heavy atom. The number of ether oxygens (including phenoxy) is 4. The van der Waals surface area contributed by atoms with Crippen molar-refractivity contribution in [3.8, 4) is 0 Å². The molecule has 3 rings (SSSR count). The van der Waals surface area contributed by atoms with E-state index in [9.17, 15) is 24.6 Å². The number of fused-ring (bicyclic) bond motifs is 4. The lowest BCUT2D eigenvalue weighted by molar-refractivity contribution is -0.174. The van der Waals surface area contributed by atoms with Gasteiger partial charge in [-0.1, -0.05) is 12.7 Å². The van der Waals surface area contributed by atoms with E-state index < -0.39 is 66.4 Å². The molecule has 172 valence electrons. The minimum Gasteiger partial charge on any atom is -0.462 e. The molecule has 7 unspecified atom stereocenters. The molecule has 3 fully saturated rings. The highest BCUT2D eigenvalue weighted by Gasteiger charge is 2.58. The normalized spacial score (nSPS) is 37.9. The van der Waals surface area contributed by atoms with Gasteiger partial charge in [0.05, 0.1) is 30.3 Å². The number of rotatable bonds is 5. The van der Waals surface area contributed by atoms with Crippen molar-refractivity contribution in [3.63, 3.8) is 0 Å². The van der Waals surface area contributed by atoms with Crippen LogP contribution < -0.4 is 0 Å². The summed E-state index contributed by atoms with van der Waals surface area (Å²) in [4.78, 5) is 36.6. The first-order valence-electron chi connectivity index (χ1n) is 10.5. The fraction of sp³-hybridized carbons (Fsp3) is 0.682. The Bertz CT molecular complexity index is 788. The van der Waals surface area contributed by atoms with Crippen molar-refractivity contribution in [1.29, 1.82) is 0 Å². The standard InChI is InChI=1S/C22H30O9/c1-5-13(9-23)21(27)29-16-8-22(4)7-6-15(28-12(3)25)14(10-24)18(31-22)19-17(16)11(2)20(26)30-19/h5,14-19,23-24H,2,6-10H2,1,3-4H3. The monoisotopic (exact) mass is 438 g/mol. The van der Waals surface area contributed by atoms with Crippen molar-refractivity contribution in [1.82, 2.24) is 0 Å². The van der Waals surface area contributed by atoms with Gasteiger partial charge in [0, 0.05) is 24.8 Å². The molecule has 0 radical (unpaired) electrons. The minimum absolute atomic E-state index is 0.103. The van der Waals surface area contributed by atoms with Crippen molar-refractivity contribution in [2.45, 2.75) is 70.1 Å². The predicted octanol–water partition coefficient (Wildman–Crippen LogP) is 0.816. The molecule has 9 nitrogen and oxygen atoms in total. The Morgan fingerprint density at radius 1 is 1.26 bits per heavy atom. The van der Waals surface area contributed by atoms with Crippen LogP contribution in [0.3, 0.4) is 0 Å². The van der Waals surface area contributed by atoms with Gasteiger partial charge in [0.15, 0.2) is 0 Å². The first kappa shape index (κ1) is 23.4. The van der Waals surface area contributed by atoms with E-state index in [1.807, 2.05) is 6.92 Å². The molecule has 0 amide bonds. The van der Waals surface area contributed by atoms with E-state index in [0.29, 0.717) is 12.8 Å². The van der Waals surface area contributed by atoms with Crippen LogP contribution in [0.4, 0.5) is 0 Å². The van der Waals surface area contributed by atoms with Gasteiger partial charge in [-0.25, -0.2) is 9.59 Å². The summed E-state index contributed by atoms with van der Waals surface area (Å²) in [5, 5.41) is 19.5. The highest BCUT2D eigenvalue weighted by atomic mass is 16.6. The maximum absolute atomic E-state index is 12.6. The Morgan fingerprint density at radius 3 is 2.55 bits per heavy atom. The number of allylic oxidation sites excluding steroid dienone is 1. The van der Waals surface area contributed by atoms with Crippen LogP contribution in [0.25, 0.3) is 0 Å². The van der Waals surface area contributed by atoms with E-state index in [1.54, 1.807) is 6.92 Å². The van der Waals surface area contributed by atoms with Crippen molar-refractivity contribution < 1.29 is 43.5 Å². The SMILES string of the molecule is C=C1C(=O)OC2C3OC(C)(CCC(OC(C)=O)C3CO)CC(OC(=O)C(=CC)CO)C12. The third-order valence-corrected chi connectivity index (χ3v) is 6.46. The van der Waals surface area contributed by atoms with Gasteiger partial charge in [-0.15, -0.1) is 0 Å². The number of hydrogen-bond acceptors (Lipinski definition) is 9. The first-order chi connectivity index (χ1) is 14.6. The molecule has 3 aliphatic rings. The summed E-state index contributed by atoms with van der Waals surface area (Å²) in [5.41, 5.74) is -0.524. The Labute approximate surface area is 181 Å². The Balaban J connectivity index is 2.00. The van der Waals surface area contributed by atoms with E-state index in [4.69, 9.17) is 18.9 Å². The molecule has 0 aliphatic carbocycles. The average Bonchev–Trinajstić information content (AvgIpc) is 2.85. The second kappa shape index (κ2) is 9.10. The molecule has 0 aromatic carbocycles. The summed E-state index contributed by atoms with van der Waals surface area (Å²) in [6.07, 6.45) is -0.407. The van der Waals surface area contributed by atoms with Crippen molar-refractivity contribution in [3.05, 3.63) is 23.8 Å². The lowest BCUT2D eigenvalue weighted by Crippen LogP contribution is -2.47. The van der Waals surface area contributed by atoms with Crippen molar-refractivity contribution >= 4 is 17.9 Å². The van der Waals surface area contributed by atoms with E-state index in [2.05, 4.69) is 6.58 Å². The number of esters is 3. The fourth-order valence-corrected chi connectivity index (χ4v) is 4.86. The van der Waals surface area contributed by atoms with Crippen LogP contribution in [0, 0.1) is 11.8 Å². The minimum atomic E-state index is -0.865. The molecule has 31 heavy (non-hydrogen) atoms. The second-order valence-electron chi connectivity index (χ2n) is 8.61. The second-order valence-corrected chi connectivity index (χ2v) is 8.61. The summed E-state index contributed by atoms with van der Waals surface area (Å²) in [5.74, 6) is -3.10. The van der Waals surface area contributed by atoms with Crippen LogP contribution in [-0.4, -0.2) is 71.4 Å². The molecule has 7 atom stereocenters. The van der Waals surface area contributed by atoms with E-state index >= 15 is 0 Å². The van der Waals surface area contributed by atoms with Gasteiger partial charge in [-0.2, -0.15) is 0 Å². The fourth-order valence-electron chi connectivity index (χ4n) is 4.86. The molecule has 0 aromatic rings. The van der Waals surface area contributed by atoms with Gasteiger partial charge in [-0.3, -0.25) is 4.79 Å². The average molecular weight is 438 g/mol. The summed E-state index contributed by atoms with van der Waals surface area (Å²) < 4.78 is 23.2. The predicted molar refractivity (Wildman–Crippen MR) is 106 cm³/mol. The van der Waals surface area contributed by atoms with Gasteiger partial charge in [-0.05, 0) is 26.7 Å². The zero-order valence-electron chi connectivity index (χ0n) is 18.0. The van der Waals surface area contributed by atoms with E-state index in [1.165, 1.54) is 13.0 Å². The van der Waals surface area contributed by atoms with E-state index in [-0.39, 0.29) is 24.2 Å². The quantitative estimate of drug-likeness (QED) is 0.364. The Kier molecular flexibility index (Phi) is 6.88. The molecular formula is C22H30O9. The number of aliphatic hydroxyl groups is 2. The highest BCUT2D eigenvalue weighted by Crippen LogP contribution is 2.48. The smallest absolute Gasteiger partial charge is 0.336 e. The molecule has 0 spiro atoms. The molecule has 3 heterocycles. The van der Waals surface area contributed by atoms with Crippen LogP contribution in [0.5, 0.6) is 0 Å². The van der Waals surface area contributed by atoms with Gasteiger partial charge in [0.2, 0.25) is 0 Å². The molecule has 3 saturated heterocycles. The van der Waals surface area contributed by atoms with Gasteiger partial charge in [0.1, 0.15) is 24.4 Å². The largest absolute Gasteiger partial charge is 0.462 e. The third kappa shape index (κ3) is 4.53. The number of carbonyl (C=O) groups excluding carboxylic acids is 3.